The molecule has 1 spiro atoms. The quantitative estimate of drug-likeness (QED) is 0.315. The fraction of sp³-hybridized carbons (Fsp3) is 0.412. The van der Waals surface area contributed by atoms with E-state index in [4.69, 9.17) is 4.74 Å². The van der Waals surface area contributed by atoms with E-state index in [0.717, 1.165) is 37.2 Å². The number of rotatable bonds is 12. The number of nitrogens with zero attached hydrogens (tertiary/aromatic N) is 3. The monoisotopic (exact) mass is 583 g/mol. The highest BCUT2D eigenvalue weighted by molar-refractivity contribution is 6.00. The zero-order valence-electron chi connectivity index (χ0n) is 24.6. The summed E-state index contributed by atoms with van der Waals surface area (Å²) in [5, 5.41) is 5.81. The Morgan fingerprint density at radius 2 is 1.51 bits per heavy atom. The molecule has 0 saturated carbocycles. The van der Waals surface area contributed by atoms with Crippen molar-refractivity contribution in [3.63, 3.8) is 0 Å². The molecule has 3 heterocycles. The van der Waals surface area contributed by atoms with Crippen LogP contribution < -0.4 is 10.6 Å². The lowest BCUT2D eigenvalue weighted by Crippen LogP contribution is -2.73. The molecule has 9 nitrogen and oxygen atoms in total. The standard InChI is InChI=1S/C34H41N5O4/c40-31-30(12-7-19-36-33(42)43-26-29-10-5-2-6-11-29)37-32(41)34(39(31)23-16-28-13-20-35-21-14-28)17-24-38(25-18-34)22-15-27-8-3-1-4-9-27/h1-6,8-11,13-14,20-21,30H,7,12,15-19,22-26H2,(H,36,42)(H,37,41)/t30-/m0/s1. The van der Waals surface area contributed by atoms with E-state index in [1.165, 1.54) is 5.56 Å². The van der Waals surface area contributed by atoms with Crippen LogP contribution in [-0.2, 0) is 33.8 Å². The Kier molecular flexibility index (Phi) is 10.4. The topological polar surface area (TPSA) is 104 Å². The third-order valence-electron chi connectivity index (χ3n) is 8.58. The second-order valence-electron chi connectivity index (χ2n) is 11.4. The van der Waals surface area contributed by atoms with E-state index in [0.29, 0.717) is 45.2 Å². The second-order valence-corrected chi connectivity index (χ2v) is 11.4. The minimum atomic E-state index is -0.844. The number of benzene rings is 2. The van der Waals surface area contributed by atoms with Crippen LogP contribution in [0.2, 0.25) is 0 Å². The molecular weight excluding hydrogens is 542 g/mol. The summed E-state index contributed by atoms with van der Waals surface area (Å²) < 4.78 is 5.27. The number of aromatic nitrogens is 1. The zero-order chi connectivity index (χ0) is 29.9. The number of likely N-dealkylation sites (tertiary alicyclic amines) is 1. The number of pyridine rings is 1. The van der Waals surface area contributed by atoms with Crippen molar-refractivity contribution < 1.29 is 19.1 Å². The highest BCUT2D eigenvalue weighted by atomic mass is 16.5. The van der Waals surface area contributed by atoms with Gasteiger partial charge in [0.15, 0.2) is 0 Å². The van der Waals surface area contributed by atoms with Crippen molar-refractivity contribution in [3.8, 4) is 0 Å². The van der Waals surface area contributed by atoms with Crippen LogP contribution in [0, 0.1) is 0 Å². The number of nitrogens with one attached hydrogen (secondary N) is 2. The summed E-state index contributed by atoms with van der Waals surface area (Å²) in [4.78, 5) is 48.2. The van der Waals surface area contributed by atoms with Crippen LogP contribution in [0.15, 0.2) is 85.2 Å². The van der Waals surface area contributed by atoms with Gasteiger partial charge in [0.1, 0.15) is 18.2 Å². The molecule has 0 aliphatic carbocycles. The lowest BCUT2D eigenvalue weighted by atomic mass is 9.81. The van der Waals surface area contributed by atoms with Gasteiger partial charge in [-0.15, -0.1) is 0 Å². The van der Waals surface area contributed by atoms with Gasteiger partial charge in [0.05, 0.1) is 0 Å². The lowest BCUT2D eigenvalue weighted by Gasteiger charge is -2.51. The number of carbonyl (C=O) groups excluding carboxylic acids is 3. The fourth-order valence-electron chi connectivity index (χ4n) is 6.03. The largest absolute Gasteiger partial charge is 0.445 e. The molecule has 0 radical (unpaired) electrons. The van der Waals surface area contributed by atoms with Crippen LogP contribution in [0.1, 0.15) is 42.4 Å². The maximum Gasteiger partial charge on any atom is 0.407 e. The number of hydrogen-bond donors (Lipinski definition) is 2. The number of ether oxygens (including phenoxy) is 1. The molecule has 5 rings (SSSR count). The first-order valence-electron chi connectivity index (χ1n) is 15.3. The molecule has 2 aromatic carbocycles. The molecule has 226 valence electrons. The molecule has 0 bridgehead atoms. The van der Waals surface area contributed by atoms with Crippen LogP contribution in [0.25, 0.3) is 0 Å². The van der Waals surface area contributed by atoms with Crippen LogP contribution in [-0.4, -0.2) is 77.0 Å². The number of carbonyl (C=O) groups is 3. The molecule has 2 fully saturated rings. The van der Waals surface area contributed by atoms with Gasteiger partial charge < -0.3 is 25.2 Å². The molecule has 43 heavy (non-hydrogen) atoms. The van der Waals surface area contributed by atoms with Crippen LogP contribution in [0.4, 0.5) is 4.79 Å². The predicted molar refractivity (Wildman–Crippen MR) is 164 cm³/mol. The summed E-state index contributed by atoms with van der Waals surface area (Å²) in [6.07, 6.45) is 6.81. The number of amides is 3. The molecule has 2 aliphatic rings. The number of piperidine rings is 1. The normalized spacial score (nSPS) is 18.3. The Morgan fingerprint density at radius 3 is 2.21 bits per heavy atom. The number of alkyl carbamates (subject to hydrolysis) is 1. The maximum atomic E-state index is 13.9. The molecule has 3 aromatic rings. The van der Waals surface area contributed by atoms with Crippen molar-refractivity contribution in [2.45, 2.75) is 56.7 Å². The van der Waals surface area contributed by atoms with Gasteiger partial charge in [-0.25, -0.2) is 4.79 Å². The van der Waals surface area contributed by atoms with Gasteiger partial charge in [-0.3, -0.25) is 14.6 Å². The van der Waals surface area contributed by atoms with Gasteiger partial charge in [0, 0.05) is 45.1 Å². The van der Waals surface area contributed by atoms with Crippen molar-refractivity contribution in [3.05, 3.63) is 102 Å². The fourth-order valence-corrected chi connectivity index (χ4v) is 6.03. The first-order chi connectivity index (χ1) is 21.0. The first kappa shape index (κ1) is 30.2. The van der Waals surface area contributed by atoms with Crippen LogP contribution in [0.3, 0.4) is 0 Å². The Morgan fingerprint density at radius 1 is 0.884 bits per heavy atom. The third kappa shape index (κ3) is 7.99. The molecular formula is C34H41N5O4. The van der Waals surface area contributed by atoms with E-state index in [-0.39, 0.29) is 18.4 Å². The SMILES string of the molecule is O=C(NCCC[C@@H]1NC(=O)C2(CCN(CCc3ccccc3)CC2)N(CCc2ccncc2)C1=O)OCc1ccccc1. The van der Waals surface area contributed by atoms with Gasteiger partial charge in [-0.05, 0) is 67.3 Å². The molecule has 2 N–H and O–H groups in total. The average Bonchev–Trinajstić information content (AvgIpc) is 3.05. The number of hydrogen-bond acceptors (Lipinski definition) is 6. The molecule has 2 saturated heterocycles. The summed E-state index contributed by atoms with van der Waals surface area (Å²) in [6, 6.07) is 23.2. The Hall–Kier alpha value is -4.24. The van der Waals surface area contributed by atoms with E-state index in [2.05, 4.69) is 44.8 Å². The van der Waals surface area contributed by atoms with Crippen LogP contribution in [0.5, 0.6) is 0 Å². The summed E-state index contributed by atoms with van der Waals surface area (Å²) in [5.74, 6) is -0.109. The molecule has 2 aliphatic heterocycles. The smallest absolute Gasteiger partial charge is 0.407 e. The van der Waals surface area contributed by atoms with E-state index in [1.54, 1.807) is 12.4 Å². The van der Waals surface area contributed by atoms with Crippen molar-refractivity contribution >= 4 is 17.9 Å². The van der Waals surface area contributed by atoms with E-state index < -0.39 is 17.7 Å². The molecule has 3 amide bonds. The van der Waals surface area contributed by atoms with Crippen molar-refractivity contribution in [2.24, 2.45) is 0 Å². The number of piperazine rings is 1. The van der Waals surface area contributed by atoms with Gasteiger partial charge in [-0.2, -0.15) is 0 Å². The van der Waals surface area contributed by atoms with Crippen molar-refractivity contribution in [2.75, 3.05) is 32.7 Å². The van der Waals surface area contributed by atoms with E-state index >= 15 is 0 Å². The van der Waals surface area contributed by atoms with E-state index in [1.807, 2.05) is 53.4 Å². The maximum absolute atomic E-state index is 13.9. The molecule has 1 aromatic heterocycles. The van der Waals surface area contributed by atoms with Crippen LogP contribution >= 0.6 is 0 Å². The summed E-state index contributed by atoms with van der Waals surface area (Å²) >= 11 is 0. The third-order valence-corrected chi connectivity index (χ3v) is 8.58. The van der Waals surface area contributed by atoms with Crippen molar-refractivity contribution in [1.29, 1.82) is 0 Å². The summed E-state index contributed by atoms with van der Waals surface area (Å²) in [7, 11) is 0. The van der Waals surface area contributed by atoms with Gasteiger partial charge in [0.25, 0.3) is 0 Å². The lowest BCUT2D eigenvalue weighted by molar-refractivity contribution is -0.161. The molecule has 9 heteroatoms. The van der Waals surface area contributed by atoms with Crippen molar-refractivity contribution in [1.82, 2.24) is 25.4 Å². The van der Waals surface area contributed by atoms with Gasteiger partial charge >= 0.3 is 6.09 Å². The Labute approximate surface area is 253 Å². The second kappa shape index (κ2) is 14.8. The van der Waals surface area contributed by atoms with Gasteiger partial charge in [-0.1, -0.05) is 60.7 Å². The molecule has 0 unspecified atom stereocenters. The zero-order valence-corrected chi connectivity index (χ0v) is 24.6. The Bertz CT molecular complexity index is 1330. The minimum absolute atomic E-state index is 0.0435. The van der Waals surface area contributed by atoms with E-state index in [9.17, 15) is 14.4 Å². The minimum Gasteiger partial charge on any atom is -0.445 e. The Balaban J connectivity index is 1.16. The summed E-state index contributed by atoms with van der Waals surface area (Å²) in [6.45, 7) is 3.47. The average molecular weight is 584 g/mol. The highest BCUT2D eigenvalue weighted by Crippen LogP contribution is 2.34. The molecule has 1 atom stereocenters. The first-order valence-corrected chi connectivity index (χ1v) is 15.3. The summed E-state index contributed by atoms with van der Waals surface area (Å²) in [5.41, 5.74) is 2.45. The predicted octanol–water partition coefficient (Wildman–Crippen LogP) is 3.74. The van der Waals surface area contributed by atoms with Gasteiger partial charge in [0.2, 0.25) is 11.8 Å². The highest BCUT2D eigenvalue weighted by Gasteiger charge is 2.53.